The van der Waals surface area contributed by atoms with Crippen molar-refractivity contribution in [3.63, 3.8) is 0 Å². The molecule has 0 spiro atoms. The summed E-state index contributed by atoms with van der Waals surface area (Å²) in [6.45, 7) is 5.17. The third-order valence-electron chi connectivity index (χ3n) is 4.13. The molecule has 0 aliphatic carbocycles. The average Bonchev–Trinajstić information content (AvgIpc) is 3.17. The number of aryl methyl sites for hydroxylation is 2. The molecule has 0 unspecified atom stereocenters. The third-order valence-corrected chi connectivity index (χ3v) is 4.13. The van der Waals surface area contributed by atoms with Crippen LogP contribution in [-0.2, 0) is 13.0 Å². The van der Waals surface area contributed by atoms with Crippen LogP contribution in [-0.4, -0.2) is 25.1 Å². The molecular formula is C17H19N6+. The van der Waals surface area contributed by atoms with E-state index in [2.05, 4.69) is 63.5 Å². The van der Waals surface area contributed by atoms with Crippen LogP contribution in [0.2, 0.25) is 0 Å². The Morgan fingerprint density at radius 3 is 2.96 bits per heavy atom. The zero-order valence-corrected chi connectivity index (χ0v) is 13.2. The monoisotopic (exact) mass is 307 g/mol. The Morgan fingerprint density at radius 1 is 1.17 bits per heavy atom. The van der Waals surface area contributed by atoms with Crippen LogP contribution in [0, 0.1) is 0 Å². The van der Waals surface area contributed by atoms with Crippen molar-refractivity contribution in [1.29, 1.82) is 0 Å². The van der Waals surface area contributed by atoms with E-state index >= 15 is 0 Å². The van der Waals surface area contributed by atoms with E-state index in [1.807, 2.05) is 11.0 Å². The molecular weight excluding hydrogens is 288 g/mol. The van der Waals surface area contributed by atoms with Crippen LogP contribution >= 0.6 is 0 Å². The number of nitrogens with one attached hydrogen (secondary N) is 2. The number of benzene rings is 1. The fourth-order valence-corrected chi connectivity index (χ4v) is 2.73. The molecule has 3 aromatic heterocycles. The highest BCUT2D eigenvalue weighted by Gasteiger charge is 2.12. The lowest BCUT2D eigenvalue weighted by atomic mass is 10.0. The summed E-state index contributed by atoms with van der Waals surface area (Å²) in [5, 5.41) is 14.9. The van der Waals surface area contributed by atoms with Gasteiger partial charge in [0, 0.05) is 11.3 Å². The SMILES string of the molecule is CC(C)c1ccc2[nH+]n(CCc3cnc4cn[nH]c4c3)nc2c1. The maximum Gasteiger partial charge on any atom is 0.249 e. The number of aromatic amines is 2. The van der Waals surface area contributed by atoms with Crippen molar-refractivity contribution in [3.8, 4) is 0 Å². The number of nitrogens with zero attached hydrogens (tertiary/aromatic N) is 4. The average molecular weight is 307 g/mol. The molecule has 116 valence electrons. The molecule has 1 aromatic carbocycles. The van der Waals surface area contributed by atoms with Crippen molar-refractivity contribution in [2.24, 2.45) is 0 Å². The second-order valence-electron chi connectivity index (χ2n) is 6.16. The standard InChI is InChI=1S/C17H18N6/c1-11(2)13-3-4-14-16(8-13)22-23(21-14)6-5-12-7-15-17(18-9-12)10-19-20-15/h3-4,7-11H,5-6H2,1-2H3,(H,19,20)/p+1. The first kappa shape index (κ1) is 13.9. The fourth-order valence-electron chi connectivity index (χ4n) is 2.73. The molecule has 6 heteroatoms. The molecule has 4 aromatic rings. The quantitative estimate of drug-likeness (QED) is 0.629. The Balaban J connectivity index is 1.55. The minimum atomic E-state index is 0.511. The van der Waals surface area contributed by atoms with Crippen LogP contribution in [0.4, 0.5) is 0 Å². The minimum Gasteiger partial charge on any atom is -0.276 e. The number of H-pyrrole nitrogens is 2. The normalized spacial score (nSPS) is 11.8. The van der Waals surface area contributed by atoms with Gasteiger partial charge in [0.15, 0.2) is 5.52 Å². The van der Waals surface area contributed by atoms with Crippen LogP contribution in [0.3, 0.4) is 0 Å². The van der Waals surface area contributed by atoms with E-state index in [1.165, 1.54) is 5.56 Å². The van der Waals surface area contributed by atoms with Gasteiger partial charge in [0.05, 0.1) is 11.7 Å². The van der Waals surface area contributed by atoms with E-state index in [-0.39, 0.29) is 0 Å². The molecule has 0 aliphatic heterocycles. The van der Waals surface area contributed by atoms with Gasteiger partial charge in [-0.2, -0.15) is 10.2 Å². The summed E-state index contributed by atoms with van der Waals surface area (Å²) >= 11 is 0. The van der Waals surface area contributed by atoms with E-state index in [4.69, 9.17) is 0 Å². The zero-order chi connectivity index (χ0) is 15.8. The molecule has 0 radical (unpaired) electrons. The van der Waals surface area contributed by atoms with E-state index < -0.39 is 0 Å². The summed E-state index contributed by atoms with van der Waals surface area (Å²) in [6, 6.07) is 8.51. The van der Waals surface area contributed by atoms with Crippen LogP contribution in [0.15, 0.2) is 36.7 Å². The van der Waals surface area contributed by atoms with Gasteiger partial charge in [-0.15, -0.1) is 0 Å². The predicted molar refractivity (Wildman–Crippen MR) is 88.0 cm³/mol. The molecule has 6 nitrogen and oxygen atoms in total. The van der Waals surface area contributed by atoms with Crippen molar-refractivity contribution in [1.82, 2.24) is 25.1 Å². The van der Waals surface area contributed by atoms with Gasteiger partial charge in [0.1, 0.15) is 12.1 Å². The summed E-state index contributed by atoms with van der Waals surface area (Å²) in [5.74, 6) is 0.511. The van der Waals surface area contributed by atoms with Crippen molar-refractivity contribution in [3.05, 3.63) is 47.8 Å². The second kappa shape index (κ2) is 5.46. The molecule has 0 amide bonds. The Morgan fingerprint density at radius 2 is 2.09 bits per heavy atom. The third kappa shape index (κ3) is 2.67. The van der Waals surface area contributed by atoms with Crippen LogP contribution in [0.5, 0.6) is 0 Å². The number of hydrogen-bond acceptors (Lipinski definition) is 3. The molecule has 23 heavy (non-hydrogen) atoms. The van der Waals surface area contributed by atoms with Gasteiger partial charge in [0.2, 0.25) is 5.52 Å². The molecule has 0 saturated heterocycles. The number of pyridine rings is 1. The van der Waals surface area contributed by atoms with Crippen LogP contribution in [0.25, 0.3) is 22.1 Å². The first-order chi connectivity index (χ1) is 11.2. The lowest BCUT2D eigenvalue weighted by Crippen LogP contribution is -2.20. The molecule has 0 fully saturated rings. The second-order valence-corrected chi connectivity index (χ2v) is 6.16. The summed E-state index contributed by atoms with van der Waals surface area (Å²) in [7, 11) is 0. The highest BCUT2D eigenvalue weighted by atomic mass is 15.5. The van der Waals surface area contributed by atoms with Crippen LogP contribution < -0.4 is 5.10 Å². The molecule has 0 saturated carbocycles. The molecule has 0 atom stereocenters. The van der Waals surface area contributed by atoms with E-state index in [9.17, 15) is 0 Å². The number of fused-ring (bicyclic) bond motifs is 2. The van der Waals surface area contributed by atoms with E-state index in [0.717, 1.165) is 40.6 Å². The number of aromatic nitrogens is 6. The van der Waals surface area contributed by atoms with Gasteiger partial charge < -0.3 is 0 Å². The largest absolute Gasteiger partial charge is 0.276 e. The van der Waals surface area contributed by atoms with Gasteiger partial charge in [0.25, 0.3) is 0 Å². The lowest BCUT2D eigenvalue weighted by molar-refractivity contribution is -0.471. The van der Waals surface area contributed by atoms with Gasteiger partial charge in [-0.1, -0.05) is 19.9 Å². The predicted octanol–water partition coefficient (Wildman–Crippen LogP) is 2.49. The lowest BCUT2D eigenvalue weighted by Gasteiger charge is -2.01. The Hall–Kier alpha value is -2.76. The minimum absolute atomic E-state index is 0.511. The van der Waals surface area contributed by atoms with Gasteiger partial charge in [-0.25, -0.2) is 0 Å². The van der Waals surface area contributed by atoms with Crippen molar-refractivity contribution in [2.75, 3.05) is 0 Å². The molecule has 0 bridgehead atoms. The Labute approximate surface area is 133 Å². The van der Waals surface area contributed by atoms with Crippen LogP contribution in [0.1, 0.15) is 30.9 Å². The summed E-state index contributed by atoms with van der Waals surface area (Å²) in [4.78, 5) is 6.29. The number of hydrogen-bond donors (Lipinski definition) is 1. The summed E-state index contributed by atoms with van der Waals surface area (Å²) in [6.07, 6.45) is 4.50. The topological polar surface area (TPSA) is 73.5 Å². The van der Waals surface area contributed by atoms with E-state index in [0.29, 0.717) is 5.92 Å². The number of rotatable bonds is 4. The Bertz CT molecular complexity index is 965. The first-order valence-corrected chi connectivity index (χ1v) is 7.87. The van der Waals surface area contributed by atoms with E-state index in [1.54, 1.807) is 6.20 Å². The molecule has 0 aliphatic rings. The highest BCUT2D eigenvalue weighted by Crippen LogP contribution is 2.17. The van der Waals surface area contributed by atoms with Gasteiger partial charge in [-0.05, 0) is 46.5 Å². The van der Waals surface area contributed by atoms with Crippen molar-refractivity contribution >= 4 is 22.1 Å². The fraction of sp³-hybridized carbons (Fsp3) is 0.294. The molecule has 4 rings (SSSR count). The molecule has 2 N–H and O–H groups in total. The smallest absolute Gasteiger partial charge is 0.249 e. The molecule has 3 heterocycles. The van der Waals surface area contributed by atoms with Crippen molar-refractivity contribution in [2.45, 2.75) is 32.7 Å². The first-order valence-electron chi connectivity index (χ1n) is 7.87. The summed E-state index contributed by atoms with van der Waals surface area (Å²) in [5.41, 5.74) is 6.42. The highest BCUT2D eigenvalue weighted by molar-refractivity contribution is 5.73. The zero-order valence-electron chi connectivity index (χ0n) is 13.2. The summed E-state index contributed by atoms with van der Waals surface area (Å²) < 4.78 is 0. The van der Waals surface area contributed by atoms with Crippen molar-refractivity contribution < 1.29 is 5.10 Å². The van der Waals surface area contributed by atoms with Gasteiger partial charge >= 0.3 is 0 Å². The Kier molecular flexibility index (Phi) is 3.29. The van der Waals surface area contributed by atoms with Gasteiger partial charge in [-0.3, -0.25) is 10.1 Å². The maximum atomic E-state index is 4.64. The maximum absolute atomic E-state index is 4.64.